The van der Waals surface area contributed by atoms with Crippen LogP contribution >= 0.6 is 24.0 Å². The van der Waals surface area contributed by atoms with Crippen LogP contribution in [0.4, 0.5) is 0 Å². The maximum Gasteiger partial charge on any atom is 0.211 e. The van der Waals surface area contributed by atoms with Gasteiger partial charge in [0.2, 0.25) is 10.0 Å². The molecule has 2 atom stereocenters. The van der Waals surface area contributed by atoms with Gasteiger partial charge in [-0.1, -0.05) is 13.8 Å². The number of piperidine rings is 1. The minimum atomic E-state index is -3.12. The van der Waals surface area contributed by atoms with E-state index in [1.54, 1.807) is 7.05 Å². The highest BCUT2D eigenvalue weighted by atomic mass is 127. The summed E-state index contributed by atoms with van der Waals surface area (Å²) in [7, 11) is -1.33. The van der Waals surface area contributed by atoms with E-state index in [4.69, 9.17) is 0 Å². The second-order valence-electron chi connectivity index (χ2n) is 6.87. The molecule has 1 aromatic heterocycles. The fraction of sp³-hybridized carbons (Fsp3) is 0.765. The number of imidazole rings is 1. The van der Waals surface area contributed by atoms with Crippen LogP contribution in [0.1, 0.15) is 32.7 Å². The molecule has 2 heterocycles. The Balaban J connectivity index is 0.00000364. The molecule has 1 fully saturated rings. The van der Waals surface area contributed by atoms with E-state index in [0.29, 0.717) is 31.6 Å². The van der Waals surface area contributed by atoms with Gasteiger partial charge >= 0.3 is 0 Å². The number of rotatable bonds is 7. The Morgan fingerprint density at radius 2 is 2.19 bits per heavy atom. The van der Waals surface area contributed by atoms with Gasteiger partial charge in [-0.25, -0.2) is 17.7 Å². The number of likely N-dealkylation sites (tertiary alicyclic amines) is 1. The third-order valence-corrected chi connectivity index (χ3v) is 6.41. The fourth-order valence-electron chi connectivity index (χ4n) is 3.44. The van der Waals surface area contributed by atoms with E-state index in [-0.39, 0.29) is 24.0 Å². The van der Waals surface area contributed by atoms with Gasteiger partial charge in [0.05, 0.1) is 18.6 Å². The molecule has 0 aliphatic carbocycles. The molecule has 1 aromatic rings. The van der Waals surface area contributed by atoms with Crippen molar-refractivity contribution in [2.24, 2.45) is 10.9 Å². The molecule has 1 aliphatic rings. The Morgan fingerprint density at radius 1 is 1.44 bits per heavy atom. The third kappa shape index (κ3) is 6.90. The summed E-state index contributed by atoms with van der Waals surface area (Å²) in [5.74, 6) is 1.47. The van der Waals surface area contributed by atoms with E-state index in [0.717, 1.165) is 31.9 Å². The molecule has 27 heavy (non-hydrogen) atoms. The molecule has 156 valence electrons. The Kier molecular flexibility index (Phi) is 10.0. The first-order valence-corrected chi connectivity index (χ1v) is 11.1. The second-order valence-corrected chi connectivity index (χ2v) is 8.85. The molecule has 8 nitrogen and oxygen atoms in total. The molecule has 0 bridgehead atoms. The molecular formula is C17H33IN6O2S. The Morgan fingerprint density at radius 3 is 2.74 bits per heavy atom. The Hall–Kier alpha value is -0.880. The summed E-state index contributed by atoms with van der Waals surface area (Å²) in [6, 6.07) is 0.380. The van der Waals surface area contributed by atoms with Gasteiger partial charge in [-0.2, -0.15) is 0 Å². The van der Waals surface area contributed by atoms with Gasteiger partial charge in [0, 0.05) is 52.2 Å². The van der Waals surface area contributed by atoms with E-state index < -0.39 is 10.0 Å². The van der Waals surface area contributed by atoms with Gasteiger partial charge in [0.25, 0.3) is 0 Å². The summed E-state index contributed by atoms with van der Waals surface area (Å²) in [5, 5.41) is 3.38. The highest BCUT2D eigenvalue weighted by Gasteiger charge is 2.28. The number of nitrogens with one attached hydrogen (secondary N) is 1. The van der Waals surface area contributed by atoms with Gasteiger partial charge in [-0.15, -0.1) is 24.0 Å². The SMILES string of the molecule is CCN(CCCNC(=NC)N1CCC(C)C(n2ccnc2)C1)S(C)(=O)=O.I. The van der Waals surface area contributed by atoms with Gasteiger partial charge in [-0.05, 0) is 18.8 Å². The van der Waals surface area contributed by atoms with Crippen molar-refractivity contribution in [1.29, 1.82) is 0 Å². The minimum absolute atomic E-state index is 0. The zero-order valence-corrected chi connectivity index (χ0v) is 19.9. The summed E-state index contributed by atoms with van der Waals surface area (Å²) in [4.78, 5) is 10.9. The summed E-state index contributed by atoms with van der Waals surface area (Å²) >= 11 is 0. The number of aromatic nitrogens is 2. The van der Waals surface area contributed by atoms with Crippen molar-refractivity contribution in [1.82, 2.24) is 24.1 Å². The van der Waals surface area contributed by atoms with Crippen LogP contribution in [0.15, 0.2) is 23.7 Å². The maximum absolute atomic E-state index is 11.6. The molecule has 1 aliphatic heterocycles. The highest BCUT2D eigenvalue weighted by Crippen LogP contribution is 2.27. The number of sulfonamides is 1. The molecule has 1 N–H and O–H groups in total. The zero-order valence-electron chi connectivity index (χ0n) is 16.7. The molecule has 1 saturated heterocycles. The summed E-state index contributed by atoms with van der Waals surface area (Å²) in [6.07, 6.45) is 8.82. The maximum atomic E-state index is 11.6. The average molecular weight is 512 g/mol. The first kappa shape index (κ1) is 24.2. The van der Waals surface area contributed by atoms with Crippen LogP contribution in [-0.4, -0.2) is 79.2 Å². The lowest BCUT2D eigenvalue weighted by Crippen LogP contribution is -2.49. The van der Waals surface area contributed by atoms with Crippen LogP contribution in [0.25, 0.3) is 0 Å². The minimum Gasteiger partial charge on any atom is -0.356 e. The van der Waals surface area contributed by atoms with Crippen LogP contribution in [0.2, 0.25) is 0 Å². The van der Waals surface area contributed by atoms with Crippen molar-refractivity contribution in [2.75, 3.05) is 46.0 Å². The van der Waals surface area contributed by atoms with Crippen molar-refractivity contribution in [3.63, 3.8) is 0 Å². The first-order chi connectivity index (χ1) is 12.4. The van der Waals surface area contributed by atoms with E-state index in [1.807, 2.05) is 25.6 Å². The lowest BCUT2D eigenvalue weighted by Gasteiger charge is -2.39. The highest BCUT2D eigenvalue weighted by molar-refractivity contribution is 14.0. The monoisotopic (exact) mass is 512 g/mol. The first-order valence-electron chi connectivity index (χ1n) is 9.25. The Bertz CT molecular complexity index is 680. The van der Waals surface area contributed by atoms with Crippen LogP contribution in [0.5, 0.6) is 0 Å². The Labute approximate surface area is 180 Å². The summed E-state index contributed by atoms with van der Waals surface area (Å²) < 4.78 is 27.0. The predicted octanol–water partition coefficient (Wildman–Crippen LogP) is 1.63. The molecule has 0 amide bonds. The largest absolute Gasteiger partial charge is 0.356 e. The van der Waals surface area contributed by atoms with Crippen molar-refractivity contribution < 1.29 is 8.42 Å². The summed E-state index contributed by atoms with van der Waals surface area (Å²) in [6.45, 7) is 7.72. The lowest BCUT2D eigenvalue weighted by atomic mass is 9.93. The zero-order chi connectivity index (χ0) is 19.2. The molecule has 2 unspecified atom stereocenters. The number of hydrogen-bond donors (Lipinski definition) is 1. The molecular weight excluding hydrogens is 479 g/mol. The van der Waals surface area contributed by atoms with Gasteiger partial charge in [0.15, 0.2) is 5.96 Å². The lowest BCUT2D eigenvalue weighted by molar-refractivity contribution is 0.189. The summed E-state index contributed by atoms with van der Waals surface area (Å²) in [5.41, 5.74) is 0. The van der Waals surface area contributed by atoms with Gasteiger partial charge < -0.3 is 14.8 Å². The standard InChI is InChI=1S/C17H32N6O2S.HI/c1-5-23(26(4,24)25)10-6-8-20-17(18-3)21-11-7-15(2)16(13-21)22-12-9-19-14-22;/h9,12,14-16H,5-8,10-11,13H2,1-4H3,(H,18,20);1H. The third-order valence-electron chi connectivity index (χ3n) is 5.03. The molecule has 0 radical (unpaired) electrons. The average Bonchev–Trinajstić information content (AvgIpc) is 3.12. The van der Waals surface area contributed by atoms with Crippen molar-refractivity contribution in [3.05, 3.63) is 18.7 Å². The topological polar surface area (TPSA) is 82.8 Å². The van der Waals surface area contributed by atoms with Crippen molar-refractivity contribution in [3.8, 4) is 0 Å². The fourth-order valence-corrected chi connectivity index (χ4v) is 4.37. The molecule has 0 spiro atoms. The number of nitrogens with zero attached hydrogens (tertiary/aromatic N) is 5. The van der Waals surface area contributed by atoms with Crippen LogP contribution in [0, 0.1) is 5.92 Å². The van der Waals surface area contributed by atoms with E-state index in [2.05, 4.69) is 31.7 Å². The number of aliphatic imine (C=N–C) groups is 1. The molecule has 0 aromatic carbocycles. The van der Waals surface area contributed by atoms with Gasteiger partial charge in [-0.3, -0.25) is 4.99 Å². The number of halogens is 1. The van der Waals surface area contributed by atoms with Crippen LogP contribution in [-0.2, 0) is 10.0 Å². The van der Waals surface area contributed by atoms with Crippen LogP contribution in [0.3, 0.4) is 0 Å². The number of hydrogen-bond acceptors (Lipinski definition) is 4. The molecule has 2 rings (SSSR count). The van der Waals surface area contributed by atoms with Crippen LogP contribution < -0.4 is 5.32 Å². The molecule has 0 saturated carbocycles. The molecule has 10 heteroatoms. The van der Waals surface area contributed by atoms with Crippen molar-refractivity contribution >= 4 is 40.0 Å². The normalized spacial score (nSPS) is 21.2. The number of guanidine groups is 1. The van der Waals surface area contributed by atoms with Gasteiger partial charge in [0.1, 0.15) is 0 Å². The second kappa shape index (κ2) is 11.2. The van der Waals surface area contributed by atoms with E-state index >= 15 is 0 Å². The predicted molar refractivity (Wildman–Crippen MR) is 120 cm³/mol. The van der Waals surface area contributed by atoms with E-state index in [1.165, 1.54) is 10.6 Å². The van der Waals surface area contributed by atoms with Crippen molar-refractivity contribution in [2.45, 2.75) is 32.7 Å². The quantitative estimate of drug-likeness (QED) is 0.260. The van der Waals surface area contributed by atoms with E-state index in [9.17, 15) is 8.42 Å². The smallest absolute Gasteiger partial charge is 0.211 e.